The third-order valence-electron chi connectivity index (χ3n) is 3.89. The average molecular weight is 296 g/mol. The van der Waals surface area contributed by atoms with E-state index in [4.69, 9.17) is 9.26 Å². The van der Waals surface area contributed by atoms with E-state index in [1.807, 2.05) is 31.5 Å². The molecule has 1 aliphatic heterocycles. The summed E-state index contributed by atoms with van der Waals surface area (Å²) in [7, 11) is 0. The molecule has 3 heterocycles. The molecule has 0 aliphatic carbocycles. The van der Waals surface area contributed by atoms with Crippen molar-refractivity contribution in [1.29, 1.82) is 0 Å². The van der Waals surface area contributed by atoms with Crippen molar-refractivity contribution in [3.8, 4) is 11.6 Å². The number of hydrogen-bond donors (Lipinski definition) is 0. The van der Waals surface area contributed by atoms with Crippen LogP contribution in [0.3, 0.4) is 0 Å². The molecule has 0 unspecified atom stereocenters. The molecule has 0 N–H and O–H groups in total. The Hall–Kier alpha value is -2.47. The van der Waals surface area contributed by atoms with Gasteiger partial charge in [0.15, 0.2) is 11.5 Å². The number of benzene rings is 1. The smallest absolute Gasteiger partial charge is 0.278 e. The molecule has 0 saturated carbocycles. The van der Waals surface area contributed by atoms with Crippen molar-refractivity contribution in [1.82, 2.24) is 19.7 Å². The second-order valence-electron chi connectivity index (χ2n) is 5.27. The number of fused-ring (bicyclic) bond motifs is 1. The lowest BCUT2D eigenvalue weighted by atomic mass is 10.1. The second kappa shape index (κ2) is 5.38. The standard InChI is InChI=1S/C16H16N4O2/c1-2-14-18-16(22-19-14)15-12-9-21-13(8-20(12)10-17-15)11-6-4-3-5-7-11/h3-7,10,13H,2,8-9H2,1H3/t13-/m1/s1. The van der Waals surface area contributed by atoms with Crippen LogP contribution in [-0.4, -0.2) is 19.7 Å². The Bertz CT molecular complexity index is 779. The third kappa shape index (κ3) is 2.21. The molecule has 0 radical (unpaired) electrons. The molecule has 0 saturated heterocycles. The van der Waals surface area contributed by atoms with Gasteiger partial charge in [-0.1, -0.05) is 42.4 Å². The fraction of sp³-hybridized carbons (Fsp3) is 0.312. The molecule has 0 bridgehead atoms. The molecule has 22 heavy (non-hydrogen) atoms. The van der Waals surface area contributed by atoms with Crippen LogP contribution in [0.25, 0.3) is 11.6 Å². The maximum Gasteiger partial charge on any atom is 0.278 e. The molecule has 0 spiro atoms. The second-order valence-corrected chi connectivity index (χ2v) is 5.27. The van der Waals surface area contributed by atoms with E-state index in [1.54, 1.807) is 0 Å². The molecule has 1 aromatic carbocycles. The number of aryl methyl sites for hydroxylation is 1. The van der Waals surface area contributed by atoms with E-state index in [0.717, 1.165) is 24.4 Å². The highest BCUT2D eigenvalue weighted by Crippen LogP contribution is 2.30. The molecule has 112 valence electrons. The van der Waals surface area contributed by atoms with E-state index in [-0.39, 0.29) is 6.10 Å². The van der Waals surface area contributed by atoms with Crippen molar-refractivity contribution in [2.75, 3.05) is 0 Å². The zero-order valence-electron chi connectivity index (χ0n) is 12.3. The summed E-state index contributed by atoms with van der Waals surface area (Å²) in [4.78, 5) is 8.78. The summed E-state index contributed by atoms with van der Waals surface area (Å²) in [5.41, 5.74) is 2.88. The van der Waals surface area contributed by atoms with Crippen LogP contribution in [-0.2, 0) is 24.3 Å². The molecule has 3 aromatic rings. The maximum absolute atomic E-state index is 5.99. The lowest BCUT2D eigenvalue weighted by Gasteiger charge is -2.25. The Balaban J connectivity index is 1.62. The Labute approximate surface area is 127 Å². The van der Waals surface area contributed by atoms with Crippen LogP contribution in [0.2, 0.25) is 0 Å². The monoisotopic (exact) mass is 296 g/mol. The Kier molecular flexibility index (Phi) is 3.23. The van der Waals surface area contributed by atoms with Gasteiger partial charge >= 0.3 is 0 Å². The van der Waals surface area contributed by atoms with Crippen molar-refractivity contribution in [3.63, 3.8) is 0 Å². The quantitative estimate of drug-likeness (QED) is 0.743. The van der Waals surface area contributed by atoms with Gasteiger partial charge in [-0.3, -0.25) is 0 Å². The van der Waals surface area contributed by atoms with Crippen LogP contribution in [0.1, 0.15) is 30.1 Å². The Morgan fingerprint density at radius 3 is 2.91 bits per heavy atom. The normalized spacial score (nSPS) is 17.4. The Morgan fingerprint density at radius 2 is 2.14 bits per heavy atom. The molecule has 2 aromatic heterocycles. The fourth-order valence-electron chi connectivity index (χ4n) is 2.67. The molecule has 0 fully saturated rings. The van der Waals surface area contributed by atoms with Crippen molar-refractivity contribution >= 4 is 0 Å². The van der Waals surface area contributed by atoms with E-state index in [0.29, 0.717) is 18.3 Å². The van der Waals surface area contributed by atoms with Gasteiger partial charge in [0.2, 0.25) is 0 Å². The van der Waals surface area contributed by atoms with E-state index in [1.165, 1.54) is 5.56 Å². The third-order valence-corrected chi connectivity index (χ3v) is 3.89. The Morgan fingerprint density at radius 1 is 1.27 bits per heavy atom. The van der Waals surface area contributed by atoms with Gasteiger partial charge in [0.25, 0.3) is 5.89 Å². The summed E-state index contributed by atoms with van der Waals surface area (Å²) in [6.45, 7) is 3.21. The topological polar surface area (TPSA) is 66.0 Å². The van der Waals surface area contributed by atoms with Crippen LogP contribution >= 0.6 is 0 Å². The summed E-state index contributed by atoms with van der Waals surface area (Å²) in [6, 6.07) is 10.2. The minimum Gasteiger partial charge on any atom is -0.365 e. The molecule has 4 rings (SSSR count). The van der Waals surface area contributed by atoms with Gasteiger partial charge in [-0.15, -0.1) is 0 Å². The zero-order chi connectivity index (χ0) is 14.9. The first-order valence-corrected chi connectivity index (χ1v) is 7.38. The number of ether oxygens (including phenoxy) is 1. The largest absolute Gasteiger partial charge is 0.365 e. The summed E-state index contributed by atoms with van der Waals surface area (Å²) < 4.78 is 13.4. The minimum atomic E-state index is 0.0460. The predicted octanol–water partition coefficient (Wildman–Crippen LogP) is 2.77. The van der Waals surface area contributed by atoms with Crippen LogP contribution in [0.4, 0.5) is 0 Å². The molecule has 0 amide bonds. The first-order valence-electron chi connectivity index (χ1n) is 7.38. The van der Waals surface area contributed by atoms with Gasteiger partial charge in [0, 0.05) is 6.42 Å². The van der Waals surface area contributed by atoms with E-state index in [2.05, 4.69) is 31.8 Å². The van der Waals surface area contributed by atoms with E-state index < -0.39 is 0 Å². The lowest BCUT2D eigenvalue weighted by molar-refractivity contribution is 0.00330. The maximum atomic E-state index is 5.99. The molecule has 6 heteroatoms. The van der Waals surface area contributed by atoms with Gasteiger partial charge in [-0.05, 0) is 5.56 Å². The highest BCUT2D eigenvalue weighted by molar-refractivity contribution is 5.50. The van der Waals surface area contributed by atoms with E-state index in [9.17, 15) is 0 Å². The first-order chi connectivity index (χ1) is 10.8. The van der Waals surface area contributed by atoms with Crippen LogP contribution < -0.4 is 0 Å². The SMILES string of the molecule is CCc1noc(-c2ncn3c2CO[C@@H](c2ccccc2)C3)n1. The lowest BCUT2D eigenvalue weighted by Crippen LogP contribution is -2.20. The van der Waals surface area contributed by atoms with Gasteiger partial charge in [0.05, 0.1) is 25.2 Å². The van der Waals surface area contributed by atoms with Gasteiger partial charge in [-0.25, -0.2) is 4.98 Å². The van der Waals surface area contributed by atoms with Gasteiger partial charge < -0.3 is 13.8 Å². The summed E-state index contributed by atoms with van der Waals surface area (Å²) in [5, 5.41) is 3.93. The number of hydrogen-bond acceptors (Lipinski definition) is 5. The summed E-state index contributed by atoms with van der Waals surface area (Å²) >= 11 is 0. The highest BCUT2D eigenvalue weighted by atomic mass is 16.5. The number of imidazole rings is 1. The number of nitrogens with zero attached hydrogens (tertiary/aromatic N) is 4. The number of aromatic nitrogens is 4. The van der Waals surface area contributed by atoms with Gasteiger partial charge in [-0.2, -0.15) is 4.98 Å². The summed E-state index contributed by atoms with van der Waals surface area (Å²) in [5.74, 6) is 1.16. The van der Waals surface area contributed by atoms with Crippen LogP contribution in [0.15, 0.2) is 41.2 Å². The van der Waals surface area contributed by atoms with Crippen molar-refractivity contribution < 1.29 is 9.26 Å². The highest BCUT2D eigenvalue weighted by Gasteiger charge is 2.26. The average Bonchev–Trinajstić information content (AvgIpc) is 3.21. The molecule has 1 aliphatic rings. The van der Waals surface area contributed by atoms with Crippen LogP contribution in [0.5, 0.6) is 0 Å². The molecule has 1 atom stereocenters. The van der Waals surface area contributed by atoms with E-state index >= 15 is 0 Å². The van der Waals surface area contributed by atoms with Gasteiger partial charge in [0.1, 0.15) is 6.10 Å². The van der Waals surface area contributed by atoms with Crippen LogP contribution in [0, 0.1) is 0 Å². The predicted molar refractivity (Wildman–Crippen MR) is 78.9 cm³/mol. The molecule has 6 nitrogen and oxygen atoms in total. The molecular formula is C16H16N4O2. The zero-order valence-corrected chi connectivity index (χ0v) is 12.3. The fourth-order valence-corrected chi connectivity index (χ4v) is 2.67. The minimum absolute atomic E-state index is 0.0460. The van der Waals surface area contributed by atoms with Crippen molar-refractivity contribution in [3.05, 3.63) is 53.7 Å². The number of rotatable bonds is 3. The summed E-state index contributed by atoms with van der Waals surface area (Å²) in [6.07, 6.45) is 2.61. The first kappa shape index (κ1) is 13.2. The van der Waals surface area contributed by atoms with Crippen molar-refractivity contribution in [2.24, 2.45) is 0 Å². The molecular weight excluding hydrogens is 280 g/mol. The van der Waals surface area contributed by atoms with Crippen molar-refractivity contribution in [2.45, 2.75) is 32.6 Å².